The van der Waals surface area contributed by atoms with Gasteiger partial charge in [0.1, 0.15) is 0 Å². The number of carbonyl (C=O) groups is 3. The van der Waals surface area contributed by atoms with E-state index in [2.05, 4.69) is 5.48 Å². The van der Waals surface area contributed by atoms with Gasteiger partial charge in [0.25, 0.3) is 0 Å². The summed E-state index contributed by atoms with van der Waals surface area (Å²) in [6.45, 7) is 1.87. The van der Waals surface area contributed by atoms with E-state index in [9.17, 15) is 24.6 Å². The number of carboxylic acid groups (broad SMARTS) is 2. The van der Waals surface area contributed by atoms with Gasteiger partial charge in [-0.05, 0) is 54.0 Å². The Hall–Kier alpha value is -3.19. The van der Waals surface area contributed by atoms with Gasteiger partial charge in [-0.15, -0.1) is 0 Å². The molecular formula is C28H35NO6. The van der Waals surface area contributed by atoms with E-state index in [0.29, 0.717) is 17.9 Å². The predicted molar refractivity (Wildman–Crippen MR) is 132 cm³/mol. The van der Waals surface area contributed by atoms with Crippen LogP contribution in [0.3, 0.4) is 0 Å². The molecule has 1 atom stereocenters. The third-order valence-electron chi connectivity index (χ3n) is 6.78. The van der Waals surface area contributed by atoms with Crippen molar-refractivity contribution < 1.29 is 29.4 Å². The number of hydroxylamine groups is 1. The highest BCUT2D eigenvalue weighted by molar-refractivity contribution is 5.97. The maximum atomic E-state index is 12.8. The van der Waals surface area contributed by atoms with E-state index >= 15 is 0 Å². The van der Waals surface area contributed by atoms with Crippen LogP contribution >= 0.6 is 0 Å². The van der Waals surface area contributed by atoms with E-state index in [1.807, 2.05) is 30.3 Å². The molecular weight excluding hydrogens is 446 g/mol. The Balaban J connectivity index is 1.77. The van der Waals surface area contributed by atoms with Gasteiger partial charge < -0.3 is 10.2 Å². The van der Waals surface area contributed by atoms with Crippen LogP contribution in [0, 0.1) is 12.8 Å². The molecule has 35 heavy (non-hydrogen) atoms. The summed E-state index contributed by atoms with van der Waals surface area (Å²) >= 11 is 0. The maximum absolute atomic E-state index is 12.8. The van der Waals surface area contributed by atoms with Crippen LogP contribution in [-0.2, 0) is 16.2 Å². The summed E-state index contributed by atoms with van der Waals surface area (Å²) in [5.41, 5.74) is 4.02. The van der Waals surface area contributed by atoms with Crippen LogP contribution in [0.2, 0.25) is 0 Å². The molecule has 3 N–H and O–H groups in total. The summed E-state index contributed by atoms with van der Waals surface area (Å²) in [5, 5.41) is 19.7. The van der Waals surface area contributed by atoms with Crippen molar-refractivity contribution in [1.82, 2.24) is 5.48 Å². The van der Waals surface area contributed by atoms with E-state index < -0.39 is 23.8 Å². The van der Waals surface area contributed by atoms with Gasteiger partial charge in [0.15, 0.2) is 0 Å². The van der Waals surface area contributed by atoms with Crippen LogP contribution in [0.1, 0.15) is 101 Å². The monoisotopic (exact) mass is 481 g/mol. The lowest BCUT2D eigenvalue weighted by Gasteiger charge is -2.24. The number of rotatable bonds is 12. The summed E-state index contributed by atoms with van der Waals surface area (Å²) in [6, 6.07) is 12.4. The maximum Gasteiger partial charge on any atom is 0.336 e. The lowest BCUT2D eigenvalue weighted by molar-refractivity contribution is -0.135. The number of hydrogen-bond acceptors (Lipinski definition) is 4. The number of carbonyl (C=O) groups excluding carboxylic acids is 1. The number of amides is 1. The number of nitrogens with one attached hydrogen (secondary N) is 1. The second-order valence-electron chi connectivity index (χ2n) is 9.52. The highest BCUT2D eigenvalue weighted by Gasteiger charge is 2.28. The van der Waals surface area contributed by atoms with Gasteiger partial charge >= 0.3 is 11.9 Å². The molecule has 7 heteroatoms. The van der Waals surface area contributed by atoms with E-state index in [-0.39, 0.29) is 29.7 Å². The van der Waals surface area contributed by atoms with Gasteiger partial charge in [0.05, 0.1) is 17.7 Å². The minimum atomic E-state index is -1.19. The number of carboxylic acids is 2. The quantitative estimate of drug-likeness (QED) is 0.327. The van der Waals surface area contributed by atoms with Crippen molar-refractivity contribution in [2.75, 3.05) is 0 Å². The van der Waals surface area contributed by atoms with Crippen molar-refractivity contribution in [3.63, 3.8) is 0 Å². The summed E-state index contributed by atoms with van der Waals surface area (Å²) in [4.78, 5) is 42.3. The number of hydrogen-bond donors (Lipinski definition) is 3. The Morgan fingerprint density at radius 3 is 2.23 bits per heavy atom. The van der Waals surface area contributed by atoms with Crippen molar-refractivity contribution in [1.29, 1.82) is 0 Å². The van der Waals surface area contributed by atoms with Gasteiger partial charge in [-0.1, -0.05) is 75.3 Å². The first-order valence-corrected chi connectivity index (χ1v) is 12.4. The Morgan fingerprint density at radius 2 is 1.63 bits per heavy atom. The molecule has 0 saturated heterocycles. The molecule has 0 aromatic heterocycles. The second kappa shape index (κ2) is 13.0. The van der Waals surface area contributed by atoms with Gasteiger partial charge in [-0.3, -0.25) is 9.63 Å². The molecule has 0 radical (unpaired) electrons. The lowest BCUT2D eigenvalue weighted by Crippen LogP contribution is -2.26. The van der Waals surface area contributed by atoms with Gasteiger partial charge in [0.2, 0.25) is 5.91 Å². The van der Waals surface area contributed by atoms with E-state index in [4.69, 9.17) is 4.84 Å². The lowest BCUT2D eigenvalue weighted by atomic mass is 9.80. The van der Waals surface area contributed by atoms with Crippen LogP contribution in [0.25, 0.3) is 0 Å². The fourth-order valence-corrected chi connectivity index (χ4v) is 5.11. The summed E-state index contributed by atoms with van der Waals surface area (Å²) in [7, 11) is 0. The SMILES string of the molecule is Cc1cc(C(=O)O)c([C@H](CCCC2CCCCC2)CC(=O)NOCc2ccccc2)c(C(=O)O)c1. The average Bonchev–Trinajstić information content (AvgIpc) is 2.84. The molecule has 188 valence electrons. The first kappa shape index (κ1) is 26.4. The van der Waals surface area contributed by atoms with Gasteiger partial charge in [0, 0.05) is 6.42 Å². The zero-order valence-corrected chi connectivity index (χ0v) is 20.3. The van der Waals surface area contributed by atoms with Crippen LogP contribution in [0.15, 0.2) is 42.5 Å². The minimum Gasteiger partial charge on any atom is -0.478 e. The third kappa shape index (κ3) is 7.92. The molecule has 0 spiro atoms. The molecule has 1 saturated carbocycles. The summed E-state index contributed by atoms with van der Waals surface area (Å²) < 4.78 is 0. The number of aromatic carboxylic acids is 2. The van der Waals surface area contributed by atoms with Crippen molar-refractivity contribution in [2.45, 2.75) is 77.2 Å². The van der Waals surface area contributed by atoms with E-state index in [1.54, 1.807) is 6.92 Å². The van der Waals surface area contributed by atoms with Crippen LogP contribution in [-0.4, -0.2) is 28.1 Å². The highest BCUT2D eigenvalue weighted by Crippen LogP contribution is 2.35. The van der Waals surface area contributed by atoms with Crippen molar-refractivity contribution in [2.24, 2.45) is 5.92 Å². The number of benzene rings is 2. The molecule has 2 aromatic carbocycles. The zero-order valence-electron chi connectivity index (χ0n) is 20.3. The number of aryl methyl sites for hydroxylation is 1. The summed E-state index contributed by atoms with van der Waals surface area (Å²) in [6.07, 6.45) is 8.43. The Morgan fingerprint density at radius 1 is 1.00 bits per heavy atom. The molecule has 1 amide bonds. The molecule has 3 rings (SSSR count). The molecule has 0 heterocycles. The largest absolute Gasteiger partial charge is 0.478 e. The fourth-order valence-electron chi connectivity index (χ4n) is 5.11. The van der Waals surface area contributed by atoms with E-state index in [0.717, 1.165) is 18.4 Å². The smallest absolute Gasteiger partial charge is 0.336 e. The minimum absolute atomic E-state index is 0.0525. The summed E-state index contributed by atoms with van der Waals surface area (Å²) in [5.74, 6) is -2.69. The third-order valence-corrected chi connectivity index (χ3v) is 6.78. The zero-order chi connectivity index (χ0) is 25.2. The Labute approximate surface area is 206 Å². The molecule has 1 fully saturated rings. The molecule has 0 unspecified atom stereocenters. The normalized spacial score (nSPS) is 14.9. The molecule has 0 aliphatic heterocycles. The molecule has 1 aliphatic carbocycles. The standard InChI is InChI=1S/C28H35NO6/c1-19-15-23(27(31)32)26(24(16-19)28(33)34)22(14-8-13-20-9-4-2-5-10-20)17-25(30)29-35-18-21-11-6-3-7-12-21/h3,6-7,11-12,15-16,20,22H,2,4-5,8-10,13-14,17-18H2,1H3,(H,29,30)(H,31,32)(H,33,34)/t22-/m1/s1. The van der Waals surface area contributed by atoms with Crippen molar-refractivity contribution >= 4 is 17.8 Å². The van der Waals surface area contributed by atoms with E-state index in [1.165, 1.54) is 44.2 Å². The van der Waals surface area contributed by atoms with Crippen molar-refractivity contribution in [3.05, 3.63) is 70.3 Å². The predicted octanol–water partition coefficient (Wildman–Crippen LogP) is 5.86. The Kier molecular flexibility index (Phi) is 9.85. The molecule has 1 aliphatic rings. The Bertz CT molecular complexity index is 978. The molecule has 2 aromatic rings. The van der Waals surface area contributed by atoms with Crippen molar-refractivity contribution in [3.8, 4) is 0 Å². The highest BCUT2D eigenvalue weighted by atomic mass is 16.6. The van der Waals surface area contributed by atoms with Gasteiger partial charge in [-0.2, -0.15) is 0 Å². The fraction of sp³-hybridized carbons (Fsp3) is 0.464. The second-order valence-corrected chi connectivity index (χ2v) is 9.52. The first-order valence-electron chi connectivity index (χ1n) is 12.4. The van der Waals surface area contributed by atoms with Crippen LogP contribution < -0.4 is 5.48 Å². The molecule has 0 bridgehead atoms. The topological polar surface area (TPSA) is 113 Å². The average molecular weight is 482 g/mol. The van der Waals surface area contributed by atoms with Gasteiger partial charge in [-0.25, -0.2) is 15.1 Å². The van der Waals surface area contributed by atoms with Crippen LogP contribution in [0.4, 0.5) is 0 Å². The first-order chi connectivity index (χ1) is 16.8. The van der Waals surface area contributed by atoms with Crippen LogP contribution in [0.5, 0.6) is 0 Å². The molecule has 7 nitrogen and oxygen atoms in total.